The third kappa shape index (κ3) is 2.65. The van der Waals surface area contributed by atoms with Gasteiger partial charge < -0.3 is 31.2 Å². The molecule has 0 amide bonds. The summed E-state index contributed by atoms with van der Waals surface area (Å²) in [5, 5.41) is 34.5. The van der Waals surface area contributed by atoms with Crippen LogP contribution in [-0.4, -0.2) is 61.7 Å². The number of fused-ring (bicyclic) bond motifs is 1. The zero-order valence-electron chi connectivity index (χ0n) is 13.8. The third-order valence-electron chi connectivity index (χ3n) is 4.25. The summed E-state index contributed by atoms with van der Waals surface area (Å²) in [6.45, 7) is 1.07. The van der Waals surface area contributed by atoms with E-state index < -0.39 is 35.9 Å². The van der Waals surface area contributed by atoms with Crippen LogP contribution in [-0.2, 0) is 19.9 Å². The minimum absolute atomic E-state index is 0.164. The van der Waals surface area contributed by atoms with E-state index in [1.165, 1.54) is 23.8 Å². The van der Waals surface area contributed by atoms with Gasteiger partial charge in [-0.3, -0.25) is 4.79 Å². The third-order valence-corrected chi connectivity index (χ3v) is 4.25. The molecule has 138 valence electrons. The van der Waals surface area contributed by atoms with Gasteiger partial charge in [-0.05, 0) is 19.1 Å². The van der Waals surface area contributed by atoms with Gasteiger partial charge in [-0.1, -0.05) is 0 Å². The summed E-state index contributed by atoms with van der Waals surface area (Å²) in [6, 6.07) is 4.10. The van der Waals surface area contributed by atoms with E-state index in [0.29, 0.717) is 5.52 Å². The van der Waals surface area contributed by atoms with Gasteiger partial charge in [0.1, 0.15) is 48.9 Å². The number of nitrogens with two attached hydrogens (primary N) is 2. The first-order valence-corrected chi connectivity index (χ1v) is 7.78. The molecule has 0 aromatic carbocycles. The minimum Gasteiger partial charge on any atom is -0.462 e. The number of nitriles is 1. The van der Waals surface area contributed by atoms with Crippen molar-refractivity contribution in [3.8, 4) is 6.07 Å². The monoisotopic (exact) mass is 362 g/mol. The van der Waals surface area contributed by atoms with Gasteiger partial charge in [-0.15, -0.1) is 0 Å². The zero-order chi connectivity index (χ0) is 19.1. The number of carbonyl (C=O) groups is 1. The topological polar surface area (TPSA) is 182 Å². The number of aromatic nitrogens is 3. The van der Waals surface area contributed by atoms with Gasteiger partial charge in [0.25, 0.3) is 0 Å². The van der Waals surface area contributed by atoms with Gasteiger partial charge >= 0.3 is 5.97 Å². The Bertz CT molecular complexity index is 877. The molecule has 2 aromatic heterocycles. The molecule has 1 aliphatic rings. The maximum atomic E-state index is 11.5. The van der Waals surface area contributed by atoms with Crippen LogP contribution in [0.4, 0.5) is 5.82 Å². The Balaban J connectivity index is 1.95. The molecule has 0 saturated carbocycles. The molecule has 0 unspecified atom stereocenters. The summed E-state index contributed by atoms with van der Waals surface area (Å²) in [5.74, 6) is -0.520. The van der Waals surface area contributed by atoms with Crippen molar-refractivity contribution in [2.24, 2.45) is 5.73 Å². The molecule has 3 heterocycles. The number of anilines is 1. The molecular weight excluding hydrogens is 344 g/mol. The van der Waals surface area contributed by atoms with Gasteiger partial charge in [-0.2, -0.15) is 10.4 Å². The number of rotatable bonds is 4. The Labute approximate surface area is 147 Å². The van der Waals surface area contributed by atoms with Crippen LogP contribution in [0.25, 0.3) is 5.52 Å². The molecule has 0 spiro atoms. The SMILES string of the molecule is C[C@@H](N)C(=O)OC[C@H]1O[C@@](C#N)(c2ccc3c(N)ncnn23)[C@H](O)[C@@H]1O. The first-order valence-electron chi connectivity index (χ1n) is 7.78. The van der Waals surface area contributed by atoms with Crippen molar-refractivity contribution < 1.29 is 24.5 Å². The maximum absolute atomic E-state index is 11.5. The molecule has 1 aliphatic heterocycles. The molecule has 5 atom stereocenters. The van der Waals surface area contributed by atoms with Gasteiger partial charge in [0.2, 0.25) is 5.60 Å². The molecule has 3 rings (SSSR count). The summed E-state index contributed by atoms with van der Waals surface area (Å²) >= 11 is 0. The lowest BCUT2D eigenvalue weighted by molar-refractivity contribution is -0.151. The second kappa shape index (κ2) is 6.50. The number of aliphatic hydroxyl groups is 2. The molecule has 0 radical (unpaired) electrons. The van der Waals surface area contributed by atoms with Crippen molar-refractivity contribution in [2.45, 2.75) is 36.9 Å². The highest BCUT2D eigenvalue weighted by Gasteiger charge is 2.57. The first kappa shape index (κ1) is 18.0. The second-order valence-electron chi connectivity index (χ2n) is 6.02. The van der Waals surface area contributed by atoms with E-state index in [1.807, 2.05) is 6.07 Å². The smallest absolute Gasteiger partial charge is 0.322 e. The van der Waals surface area contributed by atoms with Crippen molar-refractivity contribution in [1.82, 2.24) is 14.6 Å². The predicted molar refractivity (Wildman–Crippen MR) is 86.2 cm³/mol. The highest BCUT2D eigenvalue weighted by Crippen LogP contribution is 2.40. The van der Waals surface area contributed by atoms with E-state index in [-0.39, 0.29) is 18.1 Å². The van der Waals surface area contributed by atoms with Crippen molar-refractivity contribution in [3.05, 3.63) is 24.2 Å². The number of nitrogen functional groups attached to an aromatic ring is 1. The fourth-order valence-electron chi connectivity index (χ4n) is 2.85. The average molecular weight is 362 g/mol. The highest BCUT2D eigenvalue weighted by molar-refractivity contribution is 5.74. The van der Waals surface area contributed by atoms with Crippen molar-refractivity contribution in [3.63, 3.8) is 0 Å². The molecule has 1 fully saturated rings. The van der Waals surface area contributed by atoms with Crippen LogP contribution in [0.5, 0.6) is 0 Å². The van der Waals surface area contributed by atoms with Crippen LogP contribution in [0.2, 0.25) is 0 Å². The minimum atomic E-state index is -1.93. The van der Waals surface area contributed by atoms with E-state index in [2.05, 4.69) is 10.1 Å². The van der Waals surface area contributed by atoms with Crippen LogP contribution in [0, 0.1) is 11.3 Å². The van der Waals surface area contributed by atoms with E-state index in [1.54, 1.807) is 6.07 Å². The lowest BCUT2D eigenvalue weighted by Crippen LogP contribution is -2.41. The number of hydrogen-bond donors (Lipinski definition) is 4. The molecule has 11 nitrogen and oxygen atoms in total. The molecule has 26 heavy (non-hydrogen) atoms. The molecule has 11 heteroatoms. The van der Waals surface area contributed by atoms with E-state index >= 15 is 0 Å². The maximum Gasteiger partial charge on any atom is 0.322 e. The Morgan fingerprint density at radius 1 is 1.58 bits per heavy atom. The summed E-state index contributed by atoms with van der Waals surface area (Å²) in [4.78, 5) is 15.4. The largest absolute Gasteiger partial charge is 0.462 e. The normalized spacial score (nSPS) is 29.4. The van der Waals surface area contributed by atoms with Crippen LogP contribution in [0.1, 0.15) is 12.6 Å². The Hall–Kier alpha value is -2.78. The molecule has 0 bridgehead atoms. The molecule has 6 N–H and O–H groups in total. The van der Waals surface area contributed by atoms with Gasteiger partial charge in [-0.25, -0.2) is 9.50 Å². The van der Waals surface area contributed by atoms with Crippen LogP contribution >= 0.6 is 0 Å². The Morgan fingerprint density at radius 3 is 2.96 bits per heavy atom. The van der Waals surface area contributed by atoms with Crippen molar-refractivity contribution in [1.29, 1.82) is 5.26 Å². The molecular formula is C15H18N6O5. The van der Waals surface area contributed by atoms with Crippen LogP contribution in [0.15, 0.2) is 18.5 Å². The van der Waals surface area contributed by atoms with E-state index in [9.17, 15) is 20.3 Å². The first-order chi connectivity index (χ1) is 12.3. The fraction of sp³-hybridized carbons (Fsp3) is 0.467. The Kier molecular flexibility index (Phi) is 4.51. The summed E-state index contributed by atoms with van der Waals surface area (Å²) in [5.41, 5.74) is 9.82. The second-order valence-corrected chi connectivity index (χ2v) is 6.02. The van der Waals surface area contributed by atoms with Crippen molar-refractivity contribution >= 4 is 17.3 Å². The number of nitrogens with zero attached hydrogens (tertiary/aromatic N) is 4. The quantitative estimate of drug-likeness (QED) is 0.446. The molecule has 1 saturated heterocycles. The summed E-state index contributed by atoms with van der Waals surface area (Å²) < 4.78 is 11.9. The zero-order valence-corrected chi connectivity index (χ0v) is 13.8. The number of aliphatic hydroxyl groups excluding tert-OH is 2. The van der Waals surface area contributed by atoms with Gasteiger partial charge in [0.15, 0.2) is 5.82 Å². The average Bonchev–Trinajstić information content (AvgIpc) is 3.15. The highest BCUT2D eigenvalue weighted by atomic mass is 16.6. The fourth-order valence-corrected chi connectivity index (χ4v) is 2.85. The number of carbonyl (C=O) groups excluding carboxylic acids is 1. The molecule has 0 aliphatic carbocycles. The lowest BCUT2D eigenvalue weighted by atomic mass is 9.92. The number of hydrogen-bond acceptors (Lipinski definition) is 10. The van der Waals surface area contributed by atoms with Gasteiger partial charge in [0.05, 0.1) is 5.69 Å². The van der Waals surface area contributed by atoms with Crippen LogP contribution in [0.3, 0.4) is 0 Å². The predicted octanol–water partition coefficient (Wildman–Crippen LogP) is -1.96. The molecule has 2 aromatic rings. The van der Waals surface area contributed by atoms with Crippen LogP contribution < -0.4 is 11.5 Å². The number of ether oxygens (including phenoxy) is 2. The number of esters is 1. The van der Waals surface area contributed by atoms with Gasteiger partial charge in [0, 0.05) is 0 Å². The van der Waals surface area contributed by atoms with E-state index in [0.717, 1.165) is 0 Å². The Morgan fingerprint density at radius 2 is 2.31 bits per heavy atom. The summed E-state index contributed by atoms with van der Waals surface area (Å²) in [7, 11) is 0. The van der Waals surface area contributed by atoms with Crippen molar-refractivity contribution in [2.75, 3.05) is 12.3 Å². The lowest BCUT2D eigenvalue weighted by Gasteiger charge is -2.24. The standard InChI is InChI=1S/C15H18N6O5/c1-7(17)14(24)25-4-9-11(22)12(23)15(5-16,26-9)10-3-2-8-13(18)19-6-20-21(8)10/h2-3,6-7,9,11-12,22-23H,4,17H2,1H3,(H2,18,19,20)/t7-,9-,11-,12-,15+/m1/s1. The summed E-state index contributed by atoms with van der Waals surface area (Å²) in [6.07, 6.45) is -3.02. The van der Waals surface area contributed by atoms with E-state index in [4.69, 9.17) is 20.9 Å².